The lowest BCUT2D eigenvalue weighted by Crippen LogP contribution is -2.46. The number of halogens is 3. The van der Waals surface area contributed by atoms with Gasteiger partial charge >= 0.3 is 6.18 Å². The molecule has 1 aliphatic carbocycles. The van der Waals surface area contributed by atoms with Gasteiger partial charge in [0.1, 0.15) is 5.75 Å². The maximum absolute atomic E-state index is 13.0. The van der Waals surface area contributed by atoms with Crippen molar-refractivity contribution < 1.29 is 26.3 Å². The molecule has 1 saturated carbocycles. The van der Waals surface area contributed by atoms with Crippen molar-refractivity contribution in [3.05, 3.63) is 24.3 Å². The number of rotatable bonds is 6. The average molecular weight is 365 g/mol. The molecule has 0 aliphatic heterocycles. The van der Waals surface area contributed by atoms with E-state index in [9.17, 15) is 21.6 Å². The standard InChI is InChI=1S/C16H22F3NO3S/c1-23-12-5-4-6-13(11-12)24(21,22)10-9-20-15-8-3-2-7-14(15)16(17,18)19/h4-6,11,14-15,20H,2-3,7-10H2,1H3/t14-,15-/m0/s1. The zero-order valence-electron chi connectivity index (χ0n) is 13.5. The van der Waals surface area contributed by atoms with Gasteiger partial charge in [0.2, 0.25) is 0 Å². The predicted octanol–water partition coefficient (Wildman–Crippen LogP) is 3.18. The van der Waals surface area contributed by atoms with E-state index in [-0.39, 0.29) is 23.6 Å². The van der Waals surface area contributed by atoms with E-state index in [1.54, 1.807) is 12.1 Å². The molecule has 1 fully saturated rings. The molecule has 0 spiro atoms. The van der Waals surface area contributed by atoms with Crippen LogP contribution < -0.4 is 10.1 Å². The summed E-state index contributed by atoms with van der Waals surface area (Å²) in [5.41, 5.74) is 0. The molecular weight excluding hydrogens is 343 g/mol. The molecule has 0 radical (unpaired) electrons. The van der Waals surface area contributed by atoms with Crippen LogP contribution in [-0.4, -0.2) is 40.0 Å². The topological polar surface area (TPSA) is 55.4 Å². The first-order valence-electron chi connectivity index (χ1n) is 7.91. The number of alkyl halides is 3. The Labute approximate surface area is 140 Å². The van der Waals surface area contributed by atoms with Crippen LogP contribution in [0.1, 0.15) is 25.7 Å². The largest absolute Gasteiger partial charge is 0.497 e. The van der Waals surface area contributed by atoms with Crippen molar-refractivity contribution in [3.8, 4) is 5.75 Å². The molecule has 0 heterocycles. The summed E-state index contributed by atoms with van der Waals surface area (Å²) in [5.74, 6) is -1.22. The molecule has 2 atom stereocenters. The molecule has 4 nitrogen and oxygen atoms in total. The van der Waals surface area contributed by atoms with Crippen molar-refractivity contribution in [1.29, 1.82) is 0 Å². The molecule has 2 rings (SSSR count). The van der Waals surface area contributed by atoms with E-state index in [0.717, 1.165) is 6.42 Å². The summed E-state index contributed by atoms with van der Waals surface area (Å²) in [6, 6.07) is 5.36. The van der Waals surface area contributed by atoms with Crippen molar-refractivity contribution in [2.75, 3.05) is 19.4 Å². The Balaban J connectivity index is 1.96. The highest BCUT2D eigenvalue weighted by atomic mass is 32.2. The summed E-state index contributed by atoms with van der Waals surface area (Å²) in [5, 5.41) is 2.80. The molecule has 1 aromatic rings. The van der Waals surface area contributed by atoms with Crippen LogP contribution in [0.15, 0.2) is 29.2 Å². The molecular formula is C16H22F3NO3S. The average Bonchev–Trinajstić information content (AvgIpc) is 2.54. The summed E-state index contributed by atoms with van der Waals surface area (Å²) < 4.78 is 68.7. The fourth-order valence-corrected chi connectivity index (χ4v) is 4.26. The first kappa shape index (κ1) is 19.1. The van der Waals surface area contributed by atoms with Gasteiger partial charge in [0.15, 0.2) is 9.84 Å². The van der Waals surface area contributed by atoms with Crippen molar-refractivity contribution in [1.82, 2.24) is 5.32 Å². The molecule has 24 heavy (non-hydrogen) atoms. The number of ether oxygens (including phenoxy) is 1. The summed E-state index contributed by atoms with van der Waals surface area (Å²) >= 11 is 0. The Bertz CT molecular complexity index is 646. The van der Waals surface area contributed by atoms with Gasteiger partial charge in [0, 0.05) is 12.6 Å². The number of hydrogen-bond donors (Lipinski definition) is 1. The van der Waals surface area contributed by atoms with Crippen LogP contribution in [0.3, 0.4) is 0 Å². The molecule has 1 aromatic carbocycles. The third-order valence-corrected chi connectivity index (χ3v) is 6.08. The van der Waals surface area contributed by atoms with E-state index >= 15 is 0 Å². The van der Waals surface area contributed by atoms with Gasteiger partial charge in [-0.3, -0.25) is 0 Å². The van der Waals surface area contributed by atoms with Crippen LogP contribution in [0.5, 0.6) is 5.75 Å². The first-order valence-corrected chi connectivity index (χ1v) is 9.56. The van der Waals surface area contributed by atoms with Crippen LogP contribution in [-0.2, 0) is 9.84 Å². The van der Waals surface area contributed by atoms with E-state index < -0.39 is 28.0 Å². The minimum atomic E-state index is -4.25. The summed E-state index contributed by atoms with van der Waals surface area (Å²) in [6.07, 6.45) is -2.44. The second kappa shape index (κ2) is 7.74. The lowest BCUT2D eigenvalue weighted by Gasteiger charge is -2.33. The third kappa shape index (κ3) is 4.86. The van der Waals surface area contributed by atoms with Crippen molar-refractivity contribution in [2.24, 2.45) is 5.92 Å². The highest BCUT2D eigenvalue weighted by Crippen LogP contribution is 2.37. The highest BCUT2D eigenvalue weighted by Gasteiger charge is 2.45. The minimum absolute atomic E-state index is 0.00318. The third-order valence-electron chi connectivity index (χ3n) is 4.36. The van der Waals surface area contributed by atoms with Gasteiger partial charge in [-0.15, -0.1) is 0 Å². The van der Waals surface area contributed by atoms with Gasteiger partial charge in [-0.25, -0.2) is 8.42 Å². The van der Waals surface area contributed by atoms with Gasteiger partial charge in [0.25, 0.3) is 0 Å². The molecule has 0 saturated heterocycles. The summed E-state index contributed by atoms with van der Waals surface area (Å²) in [7, 11) is -2.13. The van der Waals surface area contributed by atoms with Crippen LogP contribution in [0, 0.1) is 5.92 Å². The molecule has 8 heteroatoms. The number of sulfone groups is 1. The van der Waals surface area contributed by atoms with Crippen LogP contribution >= 0.6 is 0 Å². The minimum Gasteiger partial charge on any atom is -0.497 e. The number of methoxy groups -OCH3 is 1. The molecule has 1 aliphatic rings. The SMILES string of the molecule is COc1cccc(S(=O)(=O)CCN[C@H]2CCCC[C@@H]2C(F)(F)F)c1. The van der Waals surface area contributed by atoms with Crippen molar-refractivity contribution in [3.63, 3.8) is 0 Å². The predicted molar refractivity (Wildman–Crippen MR) is 84.9 cm³/mol. The normalized spacial score (nSPS) is 22.3. The molecule has 0 amide bonds. The van der Waals surface area contributed by atoms with E-state index in [4.69, 9.17) is 4.74 Å². The fraction of sp³-hybridized carbons (Fsp3) is 0.625. The Hall–Kier alpha value is -1.28. The monoisotopic (exact) mass is 365 g/mol. The lowest BCUT2D eigenvalue weighted by atomic mass is 9.84. The summed E-state index contributed by atoms with van der Waals surface area (Å²) in [4.78, 5) is 0.111. The number of nitrogens with one attached hydrogen (secondary N) is 1. The smallest absolute Gasteiger partial charge is 0.393 e. The van der Waals surface area contributed by atoms with Crippen LogP contribution in [0.25, 0.3) is 0 Å². The zero-order chi connectivity index (χ0) is 17.8. The Morgan fingerprint density at radius 2 is 1.96 bits per heavy atom. The van der Waals surface area contributed by atoms with E-state index in [2.05, 4.69) is 5.32 Å². The van der Waals surface area contributed by atoms with Crippen LogP contribution in [0.2, 0.25) is 0 Å². The Morgan fingerprint density at radius 3 is 2.62 bits per heavy atom. The molecule has 1 N–H and O–H groups in total. The van der Waals surface area contributed by atoms with E-state index in [1.165, 1.54) is 19.2 Å². The molecule has 0 unspecified atom stereocenters. The van der Waals surface area contributed by atoms with Crippen molar-refractivity contribution in [2.45, 2.75) is 42.8 Å². The van der Waals surface area contributed by atoms with Crippen LogP contribution in [0.4, 0.5) is 13.2 Å². The van der Waals surface area contributed by atoms with Gasteiger partial charge in [-0.2, -0.15) is 13.2 Å². The summed E-state index contributed by atoms with van der Waals surface area (Å²) in [6.45, 7) is -0.00318. The molecule has 0 aromatic heterocycles. The first-order chi connectivity index (χ1) is 11.2. The molecule has 136 valence electrons. The van der Waals surface area contributed by atoms with E-state index in [0.29, 0.717) is 18.6 Å². The fourth-order valence-electron chi connectivity index (χ4n) is 3.06. The maximum Gasteiger partial charge on any atom is 0.393 e. The Morgan fingerprint density at radius 1 is 1.25 bits per heavy atom. The number of benzene rings is 1. The van der Waals surface area contributed by atoms with Crippen molar-refractivity contribution >= 4 is 9.84 Å². The van der Waals surface area contributed by atoms with E-state index in [1.807, 2.05) is 0 Å². The molecule has 0 bridgehead atoms. The van der Waals surface area contributed by atoms with Gasteiger partial charge in [-0.1, -0.05) is 18.9 Å². The zero-order valence-corrected chi connectivity index (χ0v) is 14.3. The second-order valence-electron chi connectivity index (χ2n) is 5.99. The Kier molecular flexibility index (Phi) is 6.14. The second-order valence-corrected chi connectivity index (χ2v) is 8.10. The van der Waals surface area contributed by atoms with Gasteiger partial charge < -0.3 is 10.1 Å². The quantitative estimate of drug-likeness (QED) is 0.841. The highest BCUT2D eigenvalue weighted by molar-refractivity contribution is 7.91. The van der Waals surface area contributed by atoms with Gasteiger partial charge in [-0.05, 0) is 31.0 Å². The maximum atomic E-state index is 13.0. The lowest BCUT2D eigenvalue weighted by molar-refractivity contribution is -0.188. The van der Waals surface area contributed by atoms with Gasteiger partial charge in [0.05, 0.1) is 23.7 Å². The number of hydrogen-bond acceptors (Lipinski definition) is 4.